The largest absolute Gasteiger partial charge is 0.430 e. The summed E-state index contributed by atoms with van der Waals surface area (Å²) in [5, 5.41) is 0. The fraction of sp³-hybridized carbons (Fsp3) is 0.538. The van der Waals surface area contributed by atoms with E-state index in [1.54, 1.807) is 6.92 Å². The van der Waals surface area contributed by atoms with Gasteiger partial charge in [-0.3, -0.25) is 9.41 Å². The van der Waals surface area contributed by atoms with Crippen LogP contribution >= 0.6 is 22.6 Å². The number of pyridine rings is 1. The van der Waals surface area contributed by atoms with Crippen molar-refractivity contribution in [2.24, 2.45) is 0 Å². The Hall–Kier alpha value is 0.817. The van der Waals surface area contributed by atoms with Gasteiger partial charge in [0.15, 0.2) is 0 Å². The minimum absolute atomic E-state index is 0. The van der Waals surface area contributed by atoms with Crippen LogP contribution in [0.15, 0.2) is 12.3 Å². The number of halogens is 3. The third-order valence-corrected chi connectivity index (χ3v) is 1.88. The zero-order valence-corrected chi connectivity index (χ0v) is 18.7. The first kappa shape index (κ1) is 23.1. The number of hydrogen-bond donors (Lipinski definition) is 0. The average molecular weight is 619 g/mol. The van der Waals surface area contributed by atoms with E-state index in [1.165, 1.54) is 19.7 Å². The fourth-order valence-electron chi connectivity index (χ4n) is 1.12. The number of aromatic nitrogens is 1. The first-order valence-electron chi connectivity index (χ1n) is 5.85. The Bertz CT molecular complexity index is 389. The summed E-state index contributed by atoms with van der Waals surface area (Å²) >= 11 is 2.16. The van der Waals surface area contributed by atoms with E-state index in [1.807, 2.05) is 32.1 Å². The summed E-state index contributed by atoms with van der Waals surface area (Å²) in [6.45, 7) is 9.23. The second kappa shape index (κ2) is 11.4. The summed E-state index contributed by atoms with van der Waals surface area (Å²) in [5.74, 6) is 0. The van der Waals surface area contributed by atoms with E-state index in [4.69, 9.17) is 4.65 Å². The van der Waals surface area contributed by atoms with Crippen molar-refractivity contribution in [3.8, 4) is 0 Å². The Labute approximate surface area is 158 Å². The maximum Gasteiger partial charge on any atom is 0.332 e. The minimum atomic E-state index is -2.52. The molecule has 20 heavy (non-hydrogen) atoms. The van der Waals surface area contributed by atoms with Crippen molar-refractivity contribution in [2.45, 2.75) is 46.6 Å². The van der Waals surface area contributed by atoms with Crippen LogP contribution in [0.25, 0.3) is 0 Å². The quantitative estimate of drug-likeness (QED) is 0.291. The third kappa shape index (κ3) is 10.5. The second-order valence-corrected chi connectivity index (χ2v) is 6.07. The maximum atomic E-state index is 12.7. The molecule has 111 valence electrons. The fourth-order valence-corrected chi connectivity index (χ4v) is 1.12. The van der Waals surface area contributed by atoms with E-state index in [0.717, 1.165) is 0 Å². The molecule has 0 amide bonds. The van der Waals surface area contributed by atoms with Crippen LogP contribution in [0.4, 0.5) is 8.78 Å². The van der Waals surface area contributed by atoms with Crippen molar-refractivity contribution in [1.29, 1.82) is 0 Å². The van der Waals surface area contributed by atoms with E-state index >= 15 is 0 Å². The van der Waals surface area contributed by atoms with Crippen LogP contribution in [0.1, 0.15) is 45.4 Å². The molecule has 0 unspecified atom stereocenters. The molecule has 0 spiro atoms. The summed E-state index contributed by atoms with van der Waals surface area (Å²) in [6.07, 6.45) is -1.11. The molecule has 0 N–H and O–H groups in total. The van der Waals surface area contributed by atoms with Gasteiger partial charge < -0.3 is 27.2 Å². The van der Waals surface area contributed by atoms with E-state index in [9.17, 15) is 8.78 Å². The van der Waals surface area contributed by atoms with Gasteiger partial charge in [0.1, 0.15) is 0 Å². The standard InChI is InChI=1S/C11H15BF2NO.C2H4I.U/c1-7-5-8(10(13)14)9(6-15-7)12-16-11(2,3)4;1-2-3;/h5-6,10H,1-4H3;2H,1H3;/q;-1;. The molecule has 0 saturated carbocycles. The first-order chi connectivity index (χ1) is 8.71. The second-order valence-electron chi connectivity index (χ2n) is 4.82. The molecular formula is C13H19BF2INOU-. The van der Waals surface area contributed by atoms with Crippen molar-refractivity contribution in [3.63, 3.8) is 0 Å². The molecule has 1 rings (SSSR count). The van der Waals surface area contributed by atoms with Gasteiger partial charge in [-0.15, -0.1) is 0 Å². The normalized spacial score (nSPS) is 10.4. The summed E-state index contributed by atoms with van der Waals surface area (Å²) in [7, 11) is 1.34. The van der Waals surface area contributed by atoms with Crippen LogP contribution in [0.2, 0.25) is 0 Å². The van der Waals surface area contributed by atoms with Crippen LogP contribution in [0.5, 0.6) is 0 Å². The molecule has 0 fully saturated rings. The third-order valence-electron chi connectivity index (χ3n) is 1.88. The molecular weight excluding hydrogens is 600 g/mol. The molecule has 0 saturated heterocycles. The Balaban J connectivity index is 0. The van der Waals surface area contributed by atoms with Gasteiger partial charge in [-0.2, -0.15) is 6.92 Å². The van der Waals surface area contributed by atoms with Crippen LogP contribution in [0.3, 0.4) is 0 Å². The molecule has 0 aliphatic carbocycles. The molecule has 0 bridgehead atoms. The molecule has 2 nitrogen and oxygen atoms in total. The number of rotatable bonds is 3. The zero-order valence-electron chi connectivity index (χ0n) is 12.4. The summed E-state index contributed by atoms with van der Waals surface area (Å²) in [4.78, 5) is 3.98. The molecule has 1 radical (unpaired) electrons. The first-order valence-corrected chi connectivity index (χ1v) is 7.09. The number of hydrogen-bond acceptors (Lipinski definition) is 2. The zero-order chi connectivity index (χ0) is 15.1. The van der Waals surface area contributed by atoms with Crippen LogP contribution in [-0.4, -0.2) is 18.1 Å². The summed E-state index contributed by atoms with van der Waals surface area (Å²) in [6, 6.07) is 1.38. The van der Waals surface area contributed by atoms with E-state index in [2.05, 4.69) is 27.6 Å². The van der Waals surface area contributed by atoms with Gasteiger partial charge in [0.25, 0.3) is 6.43 Å². The smallest absolute Gasteiger partial charge is 0.332 e. The summed E-state index contributed by atoms with van der Waals surface area (Å²) < 4.78 is 32.8. The van der Waals surface area contributed by atoms with E-state index < -0.39 is 12.0 Å². The van der Waals surface area contributed by atoms with Crippen LogP contribution in [-0.2, 0) is 4.65 Å². The Morgan fingerprint density at radius 2 is 1.90 bits per heavy atom. The molecule has 0 atom stereocenters. The Kier molecular flexibility index (Phi) is 13.2. The van der Waals surface area contributed by atoms with Gasteiger partial charge in [0.05, 0.1) is 0 Å². The molecule has 7 heteroatoms. The van der Waals surface area contributed by atoms with Crippen molar-refractivity contribution >= 4 is 35.5 Å². The van der Waals surface area contributed by atoms with Gasteiger partial charge in [-0.05, 0) is 39.2 Å². The SMILES string of the molecule is C[CH-]I.Cc1cc(C(F)F)c([B]OC(C)(C)C)cn1.[U]. The van der Waals surface area contributed by atoms with Crippen LogP contribution in [0, 0.1) is 42.5 Å². The van der Waals surface area contributed by atoms with Gasteiger partial charge >= 0.3 is 7.48 Å². The number of alkyl halides is 2. The predicted octanol–water partition coefficient (Wildman–Crippen LogP) is 3.99. The maximum absolute atomic E-state index is 12.7. The van der Waals surface area contributed by atoms with Gasteiger partial charge in [0, 0.05) is 54.2 Å². The number of aryl methyl sites for hydroxylation is 1. The van der Waals surface area contributed by atoms with Crippen LogP contribution < -0.4 is 5.46 Å². The van der Waals surface area contributed by atoms with Crippen molar-refractivity contribution in [2.75, 3.05) is 0 Å². The van der Waals surface area contributed by atoms with Gasteiger partial charge in [0.2, 0.25) is 0 Å². The molecule has 1 aromatic rings. The van der Waals surface area contributed by atoms with Crippen molar-refractivity contribution in [1.82, 2.24) is 4.98 Å². The van der Waals surface area contributed by atoms with Gasteiger partial charge in [-0.25, -0.2) is 8.78 Å². The predicted molar refractivity (Wildman–Crippen MR) is 84.2 cm³/mol. The molecule has 0 aliphatic rings. The molecule has 0 aromatic carbocycles. The topological polar surface area (TPSA) is 22.1 Å². The van der Waals surface area contributed by atoms with E-state index in [-0.39, 0.29) is 36.7 Å². The minimum Gasteiger partial charge on any atom is -0.430 e. The van der Waals surface area contributed by atoms with Crippen molar-refractivity contribution < 1.29 is 44.5 Å². The molecule has 0 aliphatic heterocycles. The summed E-state index contributed by atoms with van der Waals surface area (Å²) in [5.41, 5.74) is 0.458. The Morgan fingerprint density at radius 3 is 2.30 bits per heavy atom. The molecule has 1 heterocycles. The number of nitrogens with zero attached hydrogens (tertiary/aromatic N) is 1. The monoisotopic (exact) mass is 619 g/mol. The molecule has 1 aromatic heterocycles. The van der Waals surface area contributed by atoms with Crippen molar-refractivity contribution in [3.05, 3.63) is 27.9 Å². The average Bonchev–Trinajstić information content (AvgIpc) is 2.27. The Morgan fingerprint density at radius 1 is 1.40 bits per heavy atom. The van der Waals surface area contributed by atoms with E-state index in [0.29, 0.717) is 11.2 Å². The van der Waals surface area contributed by atoms with Gasteiger partial charge in [-0.1, -0.05) is 0 Å².